The fraction of sp³-hybridized carbons (Fsp3) is 0.0615. The Labute approximate surface area is 403 Å². The maximum atomic E-state index is 5.44. The van der Waals surface area contributed by atoms with Crippen molar-refractivity contribution in [2.75, 3.05) is 0 Å². The quantitative estimate of drug-likeness (QED) is 0.142. The smallest absolute Gasteiger partial charge is 0.131 e. The fourth-order valence-corrected chi connectivity index (χ4v) is 11.2. The third-order valence-electron chi connectivity index (χ3n) is 14.4. The van der Waals surface area contributed by atoms with Crippen LogP contribution in [-0.4, -0.2) is 11.9 Å². The molecule has 3 N–H and O–H groups in total. The maximum absolute atomic E-state index is 5.44. The average Bonchev–Trinajstić information content (AvgIpc) is 3.74. The minimum Gasteiger partial charge on any atom is -0.374 e. The van der Waals surface area contributed by atoms with Gasteiger partial charge in [0.15, 0.2) is 0 Å². The summed E-state index contributed by atoms with van der Waals surface area (Å²) in [6.07, 6.45) is 8.24. The van der Waals surface area contributed by atoms with Crippen LogP contribution in [0.2, 0.25) is 0 Å². The molecule has 0 bridgehead atoms. The zero-order chi connectivity index (χ0) is 45.7. The predicted octanol–water partition coefficient (Wildman–Crippen LogP) is 12.1. The molecule has 0 fully saturated rings. The van der Waals surface area contributed by atoms with E-state index in [1.165, 1.54) is 49.4 Å². The van der Waals surface area contributed by atoms with E-state index in [0.717, 1.165) is 56.0 Å². The van der Waals surface area contributed by atoms with Crippen LogP contribution < -0.4 is 26.4 Å². The van der Waals surface area contributed by atoms with E-state index < -0.39 is 5.41 Å². The van der Waals surface area contributed by atoms with Gasteiger partial charge in [0.25, 0.3) is 0 Å². The number of aliphatic imine (C=N–C) groups is 1. The molecule has 2 heterocycles. The topological polar surface area (TPSA) is 48.5 Å². The summed E-state index contributed by atoms with van der Waals surface area (Å²) in [6.45, 7) is 0. The molecule has 69 heavy (non-hydrogen) atoms. The van der Waals surface area contributed by atoms with Gasteiger partial charge in [-0.05, 0) is 107 Å². The molecule has 13 rings (SSSR count). The molecule has 2 aliphatic carbocycles. The van der Waals surface area contributed by atoms with E-state index in [4.69, 9.17) is 4.99 Å². The monoisotopic (exact) mass is 884 g/mol. The maximum Gasteiger partial charge on any atom is 0.131 e. The molecule has 4 nitrogen and oxygen atoms in total. The number of fused-ring (bicyclic) bond motifs is 5. The van der Waals surface area contributed by atoms with Gasteiger partial charge in [-0.1, -0.05) is 231 Å². The van der Waals surface area contributed by atoms with Crippen LogP contribution in [0.4, 0.5) is 0 Å². The number of allylic oxidation sites excluding steroid dienone is 2. The lowest BCUT2D eigenvalue weighted by Gasteiger charge is -2.34. The summed E-state index contributed by atoms with van der Waals surface area (Å²) < 4.78 is 0. The molecule has 328 valence electrons. The molecule has 0 saturated carbocycles. The van der Waals surface area contributed by atoms with E-state index in [-0.39, 0.29) is 18.4 Å². The van der Waals surface area contributed by atoms with Gasteiger partial charge in [-0.3, -0.25) is 5.32 Å². The highest BCUT2D eigenvalue weighted by atomic mass is 15.3. The van der Waals surface area contributed by atoms with Gasteiger partial charge in [0.05, 0.1) is 17.2 Å². The molecule has 4 heteroatoms. The lowest BCUT2D eigenvalue weighted by molar-refractivity contribution is 0.409. The largest absolute Gasteiger partial charge is 0.374 e. The Morgan fingerprint density at radius 1 is 0.406 bits per heavy atom. The first kappa shape index (κ1) is 40.7. The molecule has 3 unspecified atom stereocenters. The van der Waals surface area contributed by atoms with Gasteiger partial charge < -0.3 is 10.6 Å². The first-order valence-electron chi connectivity index (χ1n) is 24.0. The molecule has 4 aliphatic rings. The van der Waals surface area contributed by atoms with Crippen molar-refractivity contribution in [1.29, 1.82) is 0 Å². The van der Waals surface area contributed by atoms with Gasteiger partial charge >= 0.3 is 0 Å². The minimum atomic E-state index is -0.467. The molecule has 0 amide bonds. The van der Waals surface area contributed by atoms with Crippen molar-refractivity contribution in [3.8, 4) is 33.4 Å². The third-order valence-corrected chi connectivity index (χ3v) is 14.4. The third kappa shape index (κ3) is 6.99. The zero-order valence-corrected chi connectivity index (χ0v) is 37.9. The van der Waals surface area contributed by atoms with Crippen molar-refractivity contribution >= 4 is 17.1 Å². The first-order chi connectivity index (χ1) is 34.2. The molecule has 9 aromatic carbocycles. The molecule has 0 spiro atoms. The van der Waals surface area contributed by atoms with Gasteiger partial charge in [-0.25, -0.2) is 4.99 Å². The van der Waals surface area contributed by atoms with Crippen LogP contribution in [0.15, 0.2) is 260 Å². The standard InChI is InChI=1S/C65H48N4/c1-5-19-45(20-6-1)62-67-63(46-21-7-2-8-22-46)69-64(68-62)50-40-48(43-33-35-44(36-34-43)61-56-30-14-13-27-53(56)55-29-16-18-32-60(55)66-61)39-49(41-50)47-37-38-59-57(42-47)54-28-15-17-31-58(54)65(59,51-23-9-3-10-24-51)52-25-11-4-12-26-52/h1-42,60,62,64,66,68H,(H,67,69). The summed E-state index contributed by atoms with van der Waals surface area (Å²) in [4.78, 5) is 5.44. The second-order valence-corrected chi connectivity index (χ2v) is 18.4. The SMILES string of the molecule is C1=CC2=c3ccccc3=C(c3ccc(-c4cc(-c5ccc6c(c5)-c5ccccc5C6(c5ccccc5)c5ccccc5)cc(C5N=C(c6ccccc6)NC(c6ccccc6)N5)c4)cc3)NC2C=C1. The summed E-state index contributed by atoms with van der Waals surface area (Å²) >= 11 is 0. The highest BCUT2D eigenvalue weighted by molar-refractivity contribution is 5.99. The Kier molecular flexibility index (Phi) is 9.99. The van der Waals surface area contributed by atoms with Gasteiger partial charge in [0, 0.05) is 10.8 Å². The summed E-state index contributed by atoms with van der Waals surface area (Å²) in [6, 6.07) is 84.3. The normalized spacial score (nSPS) is 18.2. The Morgan fingerprint density at radius 2 is 1.00 bits per heavy atom. The Hall–Kier alpha value is -8.57. The second kappa shape index (κ2) is 16.9. The lowest BCUT2D eigenvalue weighted by Crippen LogP contribution is -2.45. The molecular formula is C65H48N4. The van der Waals surface area contributed by atoms with Crippen LogP contribution in [0, 0.1) is 0 Å². The van der Waals surface area contributed by atoms with Crippen LogP contribution in [0.1, 0.15) is 56.8 Å². The highest BCUT2D eigenvalue weighted by Crippen LogP contribution is 2.56. The lowest BCUT2D eigenvalue weighted by atomic mass is 9.67. The summed E-state index contributed by atoms with van der Waals surface area (Å²) in [5.74, 6) is 0.859. The number of rotatable bonds is 8. The molecule has 0 aromatic heterocycles. The van der Waals surface area contributed by atoms with E-state index in [1.54, 1.807) is 0 Å². The van der Waals surface area contributed by atoms with Crippen LogP contribution >= 0.6 is 0 Å². The van der Waals surface area contributed by atoms with Crippen LogP contribution in [0.5, 0.6) is 0 Å². The molecule has 9 aromatic rings. The summed E-state index contributed by atoms with van der Waals surface area (Å²) in [5, 5.41) is 14.0. The summed E-state index contributed by atoms with van der Waals surface area (Å²) in [5.41, 5.74) is 18.6. The fourth-order valence-electron chi connectivity index (χ4n) is 11.2. The Balaban J connectivity index is 0.982. The molecule has 3 atom stereocenters. The predicted molar refractivity (Wildman–Crippen MR) is 283 cm³/mol. The van der Waals surface area contributed by atoms with E-state index in [0.29, 0.717) is 0 Å². The number of hydrogen-bond donors (Lipinski definition) is 3. The number of nitrogens with one attached hydrogen (secondary N) is 3. The summed E-state index contributed by atoms with van der Waals surface area (Å²) in [7, 11) is 0. The first-order valence-corrected chi connectivity index (χ1v) is 24.0. The van der Waals surface area contributed by atoms with Crippen LogP contribution in [0.3, 0.4) is 0 Å². The minimum absolute atomic E-state index is 0.127. The van der Waals surface area contributed by atoms with Crippen molar-refractivity contribution in [3.63, 3.8) is 0 Å². The average molecular weight is 885 g/mol. The zero-order valence-electron chi connectivity index (χ0n) is 37.9. The van der Waals surface area contributed by atoms with Crippen molar-refractivity contribution < 1.29 is 0 Å². The van der Waals surface area contributed by atoms with Gasteiger partial charge in [-0.15, -0.1) is 0 Å². The number of nitrogens with zero attached hydrogens (tertiary/aromatic N) is 1. The van der Waals surface area contributed by atoms with E-state index in [1.807, 2.05) is 0 Å². The number of benzene rings is 9. The molecule has 0 saturated heterocycles. The van der Waals surface area contributed by atoms with Crippen molar-refractivity contribution in [2.45, 2.75) is 23.8 Å². The van der Waals surface area contributed by atoms with Gasteiger partial charge in [0.2, 0.25) is 0 Å². The van der Waals surface area contributed by atoms with Gasteiger partial charge in [-0.2, -0.15) is 0 Å². The van der Waals surface area contributed by atoms with Crippen molar-refractivity contribution in [1.82, 2.24) is 16.0 Å². The van der Waals surface area contributed by atoms with Crippen molar-refractivity contribution in [3.05, 3.63) is 310 Å². The second-order valence-electron chi connectivity index (χ2n) is 18.4. The Bertz CT molecular complexity index is 3590. The molecule has 2 aliphatic heterocycles. The number of amidine groups is 1. The van der Waals surface area contributed by atoms with Crippen LogP contribution in [-0.2, 0) is 5.41 Å². The van der Waals surface area contributed by atoms with E-state index >= 15 is 0 Å². The molecular weight excluding hydrogens is 837 g/mol. The van der Waals surface area contributed by atoms with Crippen molar-refractivity contribution in [2.24, 2.45) is 4.99 Å². The van der Waals surface area contributed by atoms with Crippen LogP contribution in [0.25, 0.3) is 44.7 Å². The van der Waals surface area contributed by atoms with Gasteiger partial charge in [0.1, 0.15) is 18.2 Å². The number of hydrogen-bond acceptors (Lipinski definition) is 4. The molecule has 0 radical (unpaired) electrons. The van der Waals surface area contributed by atoms with E-state index in [9.17, 15) is 0 Å². The van der Waals surface area contributed by atoms with E-state index in [2.05, 4.69) is 271 Å². The highest BCUT2D eigenvalue weighted by Gasteiger charge is 2.46. The Morgan fingerprint density at radius 3 is 1.74 bits per heavy atom.